The summed E-state index contributed by atoms with van der Waals surface area (Å²) >= 11 is 0. The Morgan fingerprint density at radius 1 is 1.09 bits per heavy atom. The molecule has 6 nitrogen and oxygen atoms in total. The molecular weight excluding hydrogens is 296 g/mol. The van der Waals surface area contributed by atoms with Crippen molar-refractivity contribution in [2.75, 3.05) is 26.3 Å². The normalized spacial score (nSPS) is 11.5. The Morgan fingerprint density at radius 2 is 1.61 bits per heavy atom. The SMILES string of the molecule is C#CCOC(=O)NCCC(C)(C)CC(C)CNC(=O)OCC#C. The molecule has 0 aliphatic rings. The molecule has 0 rings (SSSR count). The van der Waals surface area contributed by atoms with Crippen molar-refractivity contribution in [3.8, 4) is 24.7 Å². The van der Waals surface area contributed by atoms with E-state index in [4.69, 9.17) is 22.3 Å². The van der Waals surface area contributed by atoms with E-state index in [1.165, 1.54) is 0 Å². The third-order valence-electron chi connectivity index (χ3n) is 3.14. The number of alkyl carbamates (subject to hydrolysis) is 2. The number of nitrogens with one attached hydrogen (secondary N) is 2. The van der Waals surface area contributed by atoms with E-state index < -0.39 is 12.2 Å². The molecule has 0 fully saturated rings. The molecule has 0 aromatic carbocycles. The standard InChI is InChI=1S/C17H26N2O4/c1-6-10-22-15(20)18-9-8-17(4,5)12-14(3)13-19-16(21)23-11-7-2/h1-2,14H,8-13H2,3-5H3,(H,18,20)(H,19,21). The van der Waals surface area contributed by atoms with Gasteiger partial charge in [0.05, 0.1) is 0 Å². The molecule has 0 saturated carbocycles. The van der Waals surface area contributed by atoms with Crippen molar-refractivity contribution in [2.45, 2.75) is 33.6 Å². The molecule has 1 unspecified atom stereocenters. The number of terminal acetylenes is 2. The van der Waals surface area contributed by atoms with Gasteiger partial charge in [-0.3, -0.25) is 0 Å². The largest absolute Gasteiger partial charge is 0.436 e. The van der Waals surface area contributed by atoms with E-state index in [0.717, 1.165) is 12.8 Å². The average molecular weight is 322 g/mol. The molecule has 0 saturated heterocycles. The van der Waals surface area contributed by atoms with Crippen molar-refractivity contribution in [3.63, 3.8) is 0 Å². The second-order valence-corrected chi connectivity index (χ2v) is 6.09. The lowest BCUT2D eigenvalue weighted by molar-refractivity contribution is 0.153. The fourth-order valence-electron chi connectivity index (χ4n) is 2.19. The maximum absolute atomic E-state index is 11.3. The Balaban J connectivity index is 3.96. The predicted molar refractivity (Wildman–Crippen MR) is 88.5 cm³/mol. The number of hydrogen-bond acceptors (Lipinski definition) is 4. The number of ether oxygens (including phenoxy) is 2. The highest BCUT2D eigenvalue weighted by atomic mass is 16.6. The molecule has 0 aliphatic carbocycles. The van der Waals surface area contributed by atoms with Crippen molar-refractivity contribution < 1.29 is 19.1 Å². The lowest BCUT2D eigenvalue weighted by Gasteiger charge is -2.28. The van der Waals surface area contributed by atoms with E-state index in [1.54, 1.807) is 0 Å². The van der Waals surface area contributed by atoms with Crippen LogP contribution in [0.2, 0.25) is 0 Å². The Kier molecular flexibility index (Phi) is 10.1. The Labute approximate surface area is 138 Å². The molecular formula is C17H26N2O4. The summed E-state index contributed by atoms with van der Waals surface area (Å²) in [6.45, 7) is 7.19. The molecule has 0 aromatic rings. The molecule has 0 bridgehead atoms. The fraction of sp³-hybridized carbons (Fsp3) is 0.647. The van der Waals surface area contributed by atoms with Crippen LogP contribution in [0.4, 0.5) is 9.59 Å². The average Bonchev–Trinajstić information content (AvgIpc) is 2.48. The minimum atomic E-state index is -0.510. The van der Waals surface area contributed by atoms with Crippen molar-refractivity contribution in [2.24, 2.45) is 11.3 Å². The first-order chi connectivity index (χ1) is 10.8. The van der Waals surface area contributed by atoms with Crippen LogP contribution >= 0.6 is 0 Å². The molecule has 2 amide bonds. The lowest BCUT2D eigenvalue weighted by atomic mass is 9.80. The van der Waals surface area contributed by atoms with Gasteiger partial charge in [-0.25, -0.2) is 9.59 Å². The zero-order valence-electron chi connectivity index (χ0n) is 14.1. The molecule has 23 heavy (non-hydrogen) atoms. The molecule has 0 aromatic heterocycles. The summed E-state index contributed by atoms with van der Waals surface area (Å²) in [6.07, 6.45) is 10.7. The van der Waals surface area contributed by atoms with Crippen molar-refractivity contribution in [3.05, 3.63) is 0 Å². The molecule has 0 spiro atoms. The minimum Gasteiger partial charge on any atom is -0.436 e. The van der Waals surface area contributed by atoms with Gasteiger partial charge in [-0.05, 0) is 24.2 Å². The summed E-state index contributed by atoms with van der Waals surface area (Å²) in [5.41, 5.74) is 0.00319. The van der Waals surface area contributed by atoms with Gasteiger partial charge in [-0.15, -0.1) is 12.8 Å². The molecule has 128 valence electrons. The number of carbonyl (C=O) groups is 2. The first-order valence-electron chi connectivity index (χ1n) is 7.49. The van der Waals surface area contributed by atoms with Gasteiger partial charge in [0.25, 0.3) is 0 Å². The van der Waals surface area contributed by atoms with Crippen LogP contribution < -0.4 is 10.6 Å². The van der Waals surface area contributed by atoms with Gasteiger partial charge in [0, 0.05) is 13.1 Å². The first-order valence-corrected chi connectivity index (χ1v) is 7.49. The highest BCUT2D eigenvalue weighted by molar-refractivity contribution is 5.67. The third-order valence-corrected chi connectivity index (χ3v) is 3.14. The maximum atomic E-state index is 11.3. The van der Waals surface area contributed by atoms with Crippen LogP contribution in [0.3, 0.4) is 0 Å². The molecule has 0 heterocycles. The van der Waals surface area contributed by atoms with Crippen molar-refractivity contribution >= 4 is 12.2 Å². The summed E-state index contributed by atoms with van der Waals surface area (Å²) in [5.74, 6) is 4.72. The lowest BCUT2D eigenvalue weighted by Crippen LogP contribution is -2.33. The van der Waals surface area contributed by atoms with E-state index >= 15 is 0 Å². The highest BCUT2D eigenvalue weighted by Crippen LogP contribution is 2.28. The van der Waals surface area contributed by atoms with E-state index in [9.17, 15) is 9.59 Å². The van der Waals surface area contributed by atoms with Gasteiger partial charge in [-0.1, -0.05) is 32.6 Å². The van der Waals surface area contributed by atoms with E-state index in [1.807, 2.05) is 6.92 Å². The Hall–Kier alpha value is -2.34. The summed E-state index contributed by atoms with van der Waals surface area (Å²) in [6, 6.07) is 0. The summed E-state index contributed by atoms with van der Waals surface area (Å²) in [5, 5.41) is 5.33. The van der Waals surface area contributed by atoms with Crippen LogP contribution in [0.15, 0.2) is 0 Å². The Bertz CT molecular complexity index is 460. The summed E-state index contributed by atoms with van der Waals surface area (Å²) < 4.78 is 9.46. The van der Waals surface area contributed by atoms with Gasteiger partial charge in [0.2, 0.25) is 0 Å². The zero-order valence-corrected chi connectivity index (χ0v) is 14.1. The number of hydrogen-bond donors (Lipinski definition) is 2. The van der Waals surface area contributed by atoms with Gasteiger partial charge < -0.3 is 20.1 Å². The molecule has 0 aliphatic heterocycles. The van der Waals surface area contributed by atoms with Crippen LogP contribution in [0.25, 0.3) is 0 Å². The van der Waals surface area contributed by atoms with Crippen LogP contribution in [-0.2, 0) is 9.47 Å². The molecule has 1 atom stereocenters. The summed E-state index contributed by atoms with van der Waals surface area (Å²) in [7, 11) is 0. The van der Waals surface area contributed by atoms with Crippen LogP contribution in [0.5, 0.6) is 0 Å². The van der Waals surface area contributed by atoms with Crippen LogP contribution in [-0.4, -0.2) is 38.5 Å². The Morgan fingerprint density at radius 3 is 2.13 bits per heavy atom. The van der Waals surface area contributed by atoms with Gasteiger partial charge in [0.15, 0.2) is 13.2 Å². The maximum Gasteiger partial charge on any atom is 0.408 e. The molecule has 6 heteroatoms. The van der Waals surface area contributed by atoms with Crippen LogP contribution in [0, 0.1) is 36.0 Å². The smallest absolute Gasteiger partial charge is 0.408 e. The quantitative estimate of drug-likeness (QED) is 0.638. The van der Waals surface area contributed by atoms with Gasteiger partial charge >= 0.3 is 12.2 Å². The highest BCUT2D eigenvalue weighted by Gasteiger charge is 2.21. The van der Waals surface area contributed by atoms with Gasteiger partial charge in [0.1, 0.15) is 0 Å². The number of amides is 2. The van der Waals surface area contributed by atoms with Crippen molar-refractivity contribution in [1.82, 2.24) is 10.6 Å². The van der Waals surface area contributed by atoms with Gasteiger partial charge in [-0.2, -0.15) is 0 Å². The minimum absolute atomic E-state index is 0.00319. The topological polar surface area (TPSA) is 76.7 Å². The number of rotatable bonds is 9. The second-order valence-electron chi connectivity index (χ2n) is 6.09. The summed E-state index contributed by atoms with van der Waals surface area (Å²) in [4.78, 5) is 22.6. The third kappa shape index (κ3) is 11.9. The van der Waals surface area contributed by atoms with Crippen molar-refractivity contribution in [1.29, 1.82) is 0 Å². The zero-order chi connectivity index (χ0) is 17.7. The fourth-order valence-corrected chi connectivity index (χ4v) is 2.19. The van der Waals surface area contributed by atoms with Crippen LogP contribution in [0.1, 0.15) is 33.6 Å². The van der Waals surface area contributed by atoms with E-state index in [2.05, 4.69) is 36.3 Å². The number of carbonyl (C=O) groups excluding carboxylic acids is 2. The monoisotopic (exact) mass is 322 g/mol. The second kappa shape index (κ2) is 11.3. The van der Waals surface area contributed by atoms with E-state index in [-0.39, 0.29) is 24.5 Å². The first kappa shape index (κ1) is 20.7. The van der Waals surface area contributed by atoms with E-state index in [0.29, 0.717) is 13.1 Å². The molecule has 0 radical (unpaired) electrons. The predicted octanol–water partition coefficient (Wildman–Crippen LogP) is 2.15. The molecule has 2 N–H and O–H groups in total.